The molecule has 0 heterocycles. The predicted octanol–water partition coefficient (Wildman–Crippen LogP) is 2.11. The second-order valence-corrected chi connectivity index (χ2v) is 3.27. The van der Waals surface area contributed by atoms with E-state index in [2.05, 4.69) is 4.99 Å². The number of ether oxygens (including phenoxy) is 2. The Hall–Kier alpha value is -1.19. The summed E-state index contributed by atoms with van der Waals surface area (Å²) in [7, 11) is 3.23. The molecule has 0 radical (unpaired) electrons. The van der Waals surface area contributed by atoms with Gasteiger partial charge in [0.05, 0.1) is 6.04 Å². The van der Waals surface area contributed by atoms with E-state index in [0.717, 1.165) is 5.56 Å². The highest BCUT2D eigenvalue weighted by atomic mass is 16.7. The van der Waals surface area contributed by atoms with Gasteiger partial charge in [0, 0.05) is 20.4 Å². The van der Waals surface area contributed by atoms with Crippen molar-refractivity contribution >= 4 is 6.21 Å². The van der Waals surface area contributed by atoms with Crippen LogP contribution in [0.4, 0.5) is 0 Å². The first kappa shape index (κ1) is 11.9. The van der Waals surface area contributed by atoms with Gasteiger partial charge in [-0.3, -0.25) is 4.99 Å². The van der Waals surface area contributed by atoms with E-state index in [1.54, 1.807) is 14.2 Å². The molecular formula is C12H17NO2. The van der Waals surface area contributed by atoms with E-state index in [0.29, 0.717) is 0 Å². The minimum atomic E-state index is -0.287. The highest BCUT2D eigenvalue weighted by Gasteiger charge is 2.12. The highest BCUT2D eigenvalue weighted by molar-refractivity contribution is 5.79. The van der Waals surface area contributed by atoms with Crippen molar-refractivity contribution in [3.05, 3.63) is 35.9 Å². The van der Waals surface area contributed by atoms with Crippen LogP contribution < -0.4 is 0 Å². The largest absolute Gasteiger partial charge is 0.354 e. The molecule has 15 heavy (non-hydrogen) atoms. The first-order valence-electron chi connectivity index (χ1n) is 4.91. The molecule has 1 rings (SSSR count). The van der Waals surface area contributed by atoms with Gasteiger partial charge in [-0.15, -0.1) is 0 Å². The summed E-state index contributed by atoms with van der Waals surface area (Å²) >= 11 is 0. The molecular weight excluding hydrogens is 190 g/mol. The molecule has 0 saturated carbocycles. The van der Waals surface area contributed by atoms with Crippen LogP contribution in [0.15, 0.2) is 35.3 Å². The molecule has 0 aliphatic heterocycles. The van der Waals surface area contributed by atoms with Gasteiger partial charge in [0.2, 0.25) is 0 Å². The number of nitrogens with zero attached hydrogens (tertiary/aromatic N) is 1. The van der Waals surface area contributed by atoms with E-state index in [9.17, 15) is 0 Å². The van der Waals surface area contributed by atoms with E-state index in [1.165, 1.54) is 0 Å². The number of hydrogen-bond donors (Lipinski definition) is 0. The minimum Gasteiger partial charge on any atom is -0.354 e. The van der Waals surface area contributed by atoms with Crippen molar-refractivity contribution in [1.82, 2.24) is 0 Å². The lowest BCUT2D eigenvalue weighted by molar-refractivity contribution is -0.112. The number of hydrogen-bond acceptors (Lipinski definition) is 3. The normalized spacial score (nSPS) is 13.6. The van der Waals surface area contributed by atoms with Crippen LogP contribution in [0, 0.1) is 0 Å². The summed E-state index contributed by atoms with van der Waals surface area (Å²) in [6.45, 7) is 1.96. The minimum absolute atomic E-state index is 0.0137. The number of aliphatic imine (C=N–C) groups is 1. The van der Waals surface area contributed by atoms with Crippen molar-refractivity contribution in [2.75, 3.05) is 14.2 Å². The Morgan fingerprint density at radius 3 is 2.27 bits per heavy atom. The molecule has 3 nitrogen and oxygen atoms in total. The average molecular weight is 207 g/mol. The third kappa shape index (κ3) is 3.81. The van der Waals surface area contributed by atoms with Crippen LogP contribution in [0.5, 0.6) is 0 Å². The third-order valence-corrected chi connectivity index (χ3v) is 2.12. The van der Waals surface area contributed by atoms with E-state index >= 15 is 0 Å². The third-order valence-electron chi connectivity index (χ3n) is 2.12. The molecule has 0 bridgehead atoms. The molecule has 0 aliphatic rings. The van der Waals surface area contributed by atoms with Gasteiger partial charge in [-0.2, -0.15) is 0 Å². The summed E-state index contributed by atoms with van der Waals surface area (Å²) in [4.78, 5) is 4.36. The van der Waals surface area contributed by atoms with E-state index in [4.69, 9.17) is 9.47 Å². The quantitative estimate of drug-likeness (QED) is 0.547. The lowest BCUT2D eigenvalue weighted by Crippen LogP contribution is -2.25. The molecule has 0 fully saturated rings. The molecule has 82 valence electrons. The molecule has 1 aromatic rings. The van der Waals surface area contributed by atoms with Gasteiger partial charge in [-0.25, -0.2) is 0 Å². The van der Waals surface area contributed by atoms with Crippen LogP contribution in [0.2, 0.25) is 0 Å². The van der Waals surface area contributed by atoms with Crippen LogP contribution in [-0.4, -0.2) is 32.8 Å². The van der Waals surface area contributed by atoms with Crippen LogP contribution in [-0.2, 0) is 9.47 Å². The molecule has 0 aliphatic carbocycles. The first-order valence-corrected chi connectivity index (χ1v) is 4.91. The van der Waals surface area contributed by atoms with Crippen LogP contribution in [0.1, 0.15) is 12.5 Å². The van der Waals surface area contributed by atoms with Crippen molar-refractivity contribution in [2.24, 2.45) is 4.99 Å². The molecule has 1 aromatic carbocycles. The number of methoxy groups -OCH3 is 2. The van der Waals surface area contributed by atoms with Crippen molar-refractivity contribution in [1.29, 1.82) is 0 Å². The molecule has 0 N–H and O–H groups in total. The maximum Gasteiger partial charge on any atom is 0.178 e. The van der Waals surface area contributed by atoms with Gasteiger partial charge in [-0.1, -0.05) is 30.3 Å². The fraction of sp³-hybridized carbons (Fsp3) is 0.417. The van der Waals surface area contributed by atoms with Crippen LogP contribution in [0.25, 0.3) is 0 Å². The fourth-order valence-electron chi connectivity index (χ4n) is 1.30. The average Bonchev–Trinajstić information content (AvgIpc) is 2.29. The standard InChI is InChI=1S/C12H17NO2/c1-10(12(14-2)15-3)13-9-11-7-5-4-6-8-11/h4-10,12H,1-3H3. The Kier molecular flexibility index (Phi) is 5.01. The zero-order valence-electron chi connectivity index (χ0n) is 9.38. The van der Waals surface area contributed by atoms with Crippen LogP contribution >= 0.6 is 0 Å². The molecule has 0 amide bonds. The zero-order chi connectivity index (χ0) is 11.1. The van der Waals surface area contributed by atoms with E-state index in [-0.39, 0.29) is 12.3 Å². The number of benzene rings is 1. The molecule has 0 aromatic heterocycles. The van der Waals surface area contributed by atoms with Gasteiger partial charge < -0.3 is 9.47 Å². The maximum atomic E-state index is 5.11. The van der Waals surface area contributed by atoms with Crippen LogP contribution in [0.3, 0.4) is 0 Å². The zero-order valence-corrected chi connectivity index (χ0v) is 9.38. The van der Waals surface area contributed by atoms with E-state index in [1.807, 2.05) is 43.5 Å². The highest BCUT2D eigenvalue weighted by Crippen LogP contribution is 2.03. The maximum absolute atomic E-state index is 5.11. The second-order valence-electron chi connectivity index (χ2n) is 3.27. The lowest BCUT2D eigenvalue weighted by Gasteiger charge is -2.17. The van der Waals surface area contributed by atoms with Gasteiger partial charge in [-0.05, 0) is 12.5 Å². The lowest BCUT2D eigenvalue weighted by atomic mass is 10.2. The fourth-order valence-corrected chi connectivity index (χ4v) is 1.30. The smallest absolute Gasteiger partial charge is 0.178 e. The van der Waals surface area contributed by atoms with Crippen molar-refractivity contribution in [3.63, 3.8) is 0 Å². The molecule has 1 unspecified atom stereocenters. The summed E-state index contributed by atoms with van der Waals surface area (Å²) in [6, 6.07) is 9.94. The van der Waals surface area contributed by atoms with Crippen molar-refractivity contribution in [2.45, 2.75) is 19.3 Å². The van der Waals surface area contributed by atoms with E-state index < -0.39 is 0 Å². The Labute approximate surface area is 90.7 Å². The molecule has 1 atom stereocenters. The molecule has 0 spiro atoms. The summed E-state index contributed by atoms with van der Waals surface area (Å²) < 4.78 is 10.2. The summed E-state index contributed by atoms with van der Waals surface area (Å²) in [5, 5.41) is 0. The first-order chi connectivity index (χ1) is 7.27. The monoisotopic (exact) mass is 207 g/mol. The predicted molar refractivity (Wildman–Crippen MR) is 61.3 cm³/mol. The Morgan fingerprint density at radius 2 is 1.73 bits per heavy atom. The topological polar surface area (TPSA) is 30.8 Å². The van der Waals surface area contributed by atoms with Gasteiger partial charge in [0.1, 0.15) is 0 Å². The Morgan fingerprint density at radius 1 is 1.13 bits per heavy atom. The van der Waals surface area contributed by atoms with Crippen molar-refractivity contribution in [3.8, 4) is 0 Å². The van der Waals surface area contributed by atoms with Gasteiger partial charge in [0.15, 0.2) is 6.29 Å². The van der Waals surface area contributed by atoms with Gasteiger partial charge >= 0.3 is 0 Å². The SMILES string of the molecule is COC(OC)C(C)N=Cc1ccccc1. The number of rotatable bonds is 5. The Bertz CT molecular complexity index is 294. The van der Waals surface area contributed by atoms with Gasteiger partial charge in [0.25, 0.3) is 0 Å². The second kappa shape index (κ2) is 6.32. The van der Waals surface area contributed by atoms with Crippen molar-refractivity contribution < 1.29 is 9.47 Å². The summed E-state index contributed by atoms with van der Waals surface area (Å²) in [5.74, 6) is 0. The summed E-state index contributed by atoms with van der Waals surface area (Å²) in [5.41, 5.74) is 1.08. The Balaban J connectivity index is 2.57. The summed E-state index contributed by atoms with van der Waals surface area (Å²) in [6.07, 6.45) is 1.54. The molecule has 0 saturated heterocycles. The molecule has 3 heteroatoms.